The smallest absolute Gasteiger partial charge is 0.280 e. The van der Waals surface area contributed by atoms with E-state index in [9.17, 15) is 8.78 Å². The van der Waals surface area contributed by atoms with Crippen LogP contribution in [-0.4, -0.2) is 73.3 Å². The second-order valence-corrected chi connectivity index (χ2v) is 7.43. The predicted molar refractivity (Wildman–Crippen MR) is 106 cm³/mol. The zero-order valence-electron chi connectivity index (χ0n) is 16.5. The van der Waals surface area contributed by atoms with Crippen LogP contribution in [0.1, 0.15) is 6.42 Å². The summed E-state index contributed by atoms with van der Waals surface area (Å²) in [5.74, 6) is -2.48. The third-order valence-electron chi connectivity index (χ3n) is 5.36. The van der Waals surface area contributed by atoms with Gasteiger partial charge < -0.3 is 15.0 Å². The summed E-state index contributed by atoms with van der Waals surface area (Å²) in [5, 5.41) is 11.3. The molecule has 0 aliphatic carbocycles. The Kier molecular flexibility index (Phi) is 4.28. The van der Waals surface area contributed by atoms with Crippen LogP contribution in [0.4, 0.5) is 14.7 Å². The highest BCUT2D eigenvalue weighted by Gasteiger charge is 2.44. The van der Waals surface area contributed by atoms with E-state index in [2.05, 4.69) is 25.5 Å². The number of pyridine rings is 1. The van der Waals surface area contributed by atoms with Gasteiger partial charge in [0, 0.05) is 24.5 Å². The fourth-order valence-electron chi connectivity index (χ4n) is 3.85. The summed E-state index contributed by atoms with van der Waals surface area (Å²) in [4.78, 5) is 10.2. The van der Waals surface area contributed by atoms with Gasteiger partial charge in [0.05, 0.1) is 19.7 Å². The van der Waals surface area contributed by atoms with Crippen molar-refractivity contribution < 1.29 is 13.5 Å². The second kappa shape index (κ2) is 6.87. The molecule has 0 spiro atoms. The molecule has 0 radical (unpaired) electrons. The standard InChI is InChI=1S/C19H20F2N8O/c1-27-6-5-14(19(20,21)10-27)24-18-25-17(30-2)16-13(4-8-29(16)26-18)12-3-7-28-15(9-12)22-11-23-28/h3-4,7-9,11,14H,5-6,10H2,1-2H3,(H,24,26)/t14-/m0/s1. The van der Waals surface area contributed by atoms with Crippen LogP contribution < -0.4 is 10.1 Å². The quantitative estimate of drug-likeness (QED) is 0.548. The van der Waals surface area contributed by atoms with Crippen molar-refractivity contribution >= 4 is 17.1 Å². The van der Waals surface area contributed by atoms with E-state index in [1.165, 1.54) is 13.4 Å². The van der Waals surface area contributed by atoms with E-state index in [1.54, 1.807) is 27.2 Å². The first-order valence-corrected chi connectivity index (χ1v) is 9.50. The minimum Gasteiger partial charge on any atom is -0.479 e. The van der Waals surface area contributed by atoms with Crippen molar-refractivity contribution in [1.29, 1.82) is 0 Å². The topological polar surface area (TPSA) is 84.9 Å². The van der Waals surface area contributed by atoms with Crippen LogP contribution in [-0.2, 0) is 0 Å². The van der Waals surface area contributed by atoms with Gasteiger partial charge in [0.25, 0.3) is 5.92 Å². The Morgan fingerprint density at radius 2 is 2.07 bits per heavy atom. The maximum atomic E-state index is 14.4. The normalized spacial score (nSPS) is 19.4. The lowest BCUT2D eigenvalue weighted by atomic mass is 10.0. The zero-order valence-corrected chi connectivity index (χ0v) is 16.5. The van der Waals surface area contributed by atoms with Crippen molar-refractivity contribution in [3.63, 3.8) is 0 Å². The number of methoxy groups -OCH3 is 1. The molecule has 5 rings (SSSR count). The molecule has 4 aromatic rings. The molecule has 30 heavy (non-hydrogen) atoms. The fourth-order valence-corrected chi connectivity index (χ4v) is 3.85. The van der Waals surface area contributed by atoms with Gasteiger partial charge in [0.1, 0.15) is 11.8 Å². The van der Waals surface area contributed by atoms with Gasteiger partial charge in [0.15, 0.2) is 5.65 Å². The van der Waals surface area contributed by atoms with Crippen molar-refractivity contribution in [2.45, 2.75) is 18.4 Å². The fraction of sp³-hybridized carbons (Fsp3) is 0.368. The van der Waals surface area contributed by atoms with Crippen LogP contribution in [0, 0.1) is 0 Å². The molecule has 11 heteroatoms. The van der Waals surface area contributed by atoms with E-state index in [0.717, 1.165) is 11.1 Å². The number of likely N-dealkylation sites (tertiary alicyclic amines) is 1. The highest BCUT2D eigenvalue weighted by atomic mass is 19.3. The number of halogens is 2. The molecule has 1 fully saturated rings. The average molecular weight is 414 g/mol. The number of nitrogens with zero attached hydrogens (tertiary/aromatic N) is 7. The molecule has 156 valence electrons. The van der Waals surface area contributed by atoms with E-state index < -0.39 is 12.0 Å². The lowest BCUT2D eigenvalue weighted by molar-refractivity contribution is -0.0675. The molecule has 0 aromatic carbocycles. The van der Waals surface area contributed by atoms with E-state index in [1.807, 2.05) is 24.4 Å². The molecule has 0 bridgehead atoms. The Morgan fingerprint density at radius 3 is 2.87 bits per heavy atom. The SMILES string of the molecule is COc1nc(N[C@H]2CCN(C)CC2(F)F)nn2ccc(-c3ccn4ncnc4c3)c12. The van der Waals surface area contributed by atoms with Crippen molar-refractivity contribution in [2.75, 3.05) is 32.6 Å². The summed E-state index contributed by atoms with van der Waals surface area (Å²) in [6.45, 7) is 0.272. The number of anilines is 1. The highest BCUT2D eigenvalue weighted by molar-refractivity contribution is 5.85. The molecular weight excluding hydrogens is 394 g/mol. The molecule has 9 nitrogen and oxygen atoms in total. The Hall–Kier alpha value is -3.34. The summed E-state index contributed by atoms with van der Waals surface area (Å²) in [6, 6.07) is 4.64. The van der Waals surface area contributed by atoms with Crippen molar-refractivity contribution in [3.8, 4) is 17.0 Å². The van der Waals surface area contributed by atoms with Crippen LogP contribution in [0.3, 0.4) is 0 Å². The highest BCUT2D eigenvalue weighted by Crippen LogP contribution is 2.33. The summed E-state index contributed by atoms with van der Waals surface area (Å²) >= 11 is 0. The lowest BCUT2D eigenvalue weighted by Crippen LogP contribution is -2.53. The molecule has 1 atom stereocenters. The van der Waals surface area contributed by atoms with E-state index in [0.29, 0.717) is 30.0 Å². The molecule has 5 heterocycles. The first-order valence-electron chi connectivity index (χ1n) is 9.50. The van der Waals surface area contributed by atoms with Gasteiger partial charge in [0.2, 0.25) is 11.8 Å². The molecule has 1 aliphatic heterocycles. The maximum absolute atomic E-state index is 14.4. The van der Waals surface area contributed by atoms with Crippen LogP contribution in [0.5, 0.6) is 5.88 Å². The number of rotatable bonds is 4. The number of aromatic nitrogens is 6. The Labute approximate surface area is 170 Å². The lowest BCUT2D eigenvalue weighted by Gasteiger charge is -2.36. The molecule has 1 saturated heterocycles. The minimum absolute atomic E-state index is 0.101. The number of nitrogens with one attached hydrogen (secondary N) is 1. The van der Waals surface area contributed by atoms with Crippen LogP contribution in [0.15, 0.2) is 36.9 Å². The molecular formula is C19H20F2N8O. The summed E-state index contributed by atoms with van der Waals surface area (Å²) in [6.07, 6.45) is 5.34. The molecule has 4 aromatic heterocycles. The van der Waals surface area contributed by atoms with Gasteiger partial charge >= 0.3 is 0 Å². The van der Waals surface area contributed by atoms with Gasteiger partial charge in [-0.1, -0.05) is 0 Å². The number of fused-ring (bicyclic) bond motifs is 2. The Morgan fingerprint density at radius 1 is 1.23 bits per heavy atom. The number of hydrogen-bond acceptors (Lipinski definition) is 7. The van der Waals surface area contributed by atoms with Gasteiger partial charge in [-0.2, -0.15) is 10.1 Å². The van der Waals surface area contributed by atoms with E-state index >= 15 is 0 Å². The third kappa shape index (κ3) is 3.11. The maximum Gasteiger partial charge on any atom is 0.280 e. The first-order chi connectivity index (χ1) is 14.4. The zero-order chi connectivity index (χ0) is 20.9. The molecule has 0 unspecified atom stereocenters. The number of hydrogen-bond donors (Lipinski definition) is 1. The van der Waals surface area contributed by atoms with Crippen molar-refractivity contribution in [1.82, 2.24) is 34.1 Å². The number of piperidine rings is 1. The monoisotopic (exact) mass is 414 g/mol. The summed E-state index contributed by atoms with van der Waals surface area (Å²) in [7, 11) is 3.18. The van der Waals surface area contributed by atoms with Crippen LogP contribution in [0.25, 0.3) is 22.3 Å². The predicted octanol–water partition coefficient (Wildman–Crippen LogP) is 2.20. The van der Waals surface area contributed by atoms with Crippen LogP contribution in [0.2, 0.25) is 0 Å². The summed E-state index contributed by atoms with van der Waals surface area (Å²) in [5.41, 5.74) is 3.08. The van der Waals surface area contributed by atoms with Crippen LogP contribution >= 0.6 is 0 Å². The Balaban J connectivity index is 1.53. The van der Waals surface area contributed by atoms with Gasteiger partial charge in [-0.3, -0.25) is 0 Å². The first kappa shape index (κ1) is 18.7. The van der Waals surface area contributed by atoms with Gasteiger partial charge in [-0.25, -0.2) is 22.8 Å². The van der Waals surface area contributed by atoms with E-state index in [4.69, 9.17) is 4.74 Å². The third-order valence-corrected chi connectivity index (χ3v) is 5.36. The Bertz CT molecular complexity index is 1220. The van der Waals surface area contributed by atoms with Crippen molar-refractivity contribution in [3.05, 3.63) is 36.9 Å². The average Bonchev–Trinajstić information content (AvgIpc) is 3.35. The minimum atomic E-state index is -2.88. The molecule has 1 aliphatic rings. The van der Waals surface area contributed by atoms with E-state index in [-0.39, 0.29) is 12.5 Å². The van der Waals surface area contributed by atoms with Gasteiger partial charge in [-0.15, -0.1) is 5.10 Å². The largest absolute Gasteiger partial charge is 0.479 e. The van der Waals surface area contributed by atoms with Gasteiger partial charge in [-0.05, 0) is 37.2 Å². The molecule has 0 saturated carbocycles. The summed E-state index contributed by atoms with van der Waals surface area (Å²) < 4.78 is 37.6. The second-order valence-electron chi connectivity index (χ2n) is 7.43. The molecule has 0 amide bonds. The number of ether oxygens (including phenoxy) is 1. The molecule has 1 N–H and O–H groups in total. The number of alkyl halides is 2. The van der Waals surface area contributed by atoms with Crippen molar-refractivity contribution in [2.24, 2.45) is 0 Å².